The Bertz CT molecular complexity index is 299. The minimum absolute atomic E-state index is 0.586. The lowest BCUT2D eigenvalue weighted by Crippen LogP contribution is -2.25. The van der Waals surface area contributed by atoms with Crippen LogP contribution in [0.5, 0.6) is 0 Å². The lowest BCUT2D eigenvalue weighted by molar-refractivity contribution is 0.730. The topological polar surface area (TPSA) is 16.1 Å². The molecule has 0 saturated carbocycles. The van der Waals surface area contributed by atoms with Gasteiger partial charge in [-0.15, -0.1) is 0 Å². The number of anilines is 1. The van der Waals surface area contributed by atoms with E-state index in [1.807, 2.05) is 6.07 Å². The largest absolute Gasteiger partial charge is 0.359 e. The van der Waals surface area contributed by atoms with E-state index in [4.69, 9.17) is 11.6 Å². The van der Waals surface area contributed by atoms with Gasteiger partial charge in [-0.05, 0) is 24.5 Å². The van der Waals surface area contributed by atoms with Crippen LogP contribution < -0.4 is 4.90 Å². The fourth-order valence-electron chi connectivity index (χ4n) is 1.59. The lowest BCUT2D eigenvalue weighted by Gasteiger charge is -2.25. The fourth-order valence-corrected chi connectivity index (χ4v) is 1.74. The van der Waals surface area contributed by atoms with Crippen LogP contribution in [0.4, 0.5) is 5.82 Å². The van der Waals surface area contributed by atoms with E-state index < -0.39 is 0 Å². The van der Waals surface area contributed by atoms with E-state index in [1.165, 1.54) is 12.0 Å². The molecule has 1 aliphatic rings. The minimum Gasteiger partial charge on any atom is -0.359 e. The Morgan fingerprint density at radius 2 is 2.33 bits per heavy atom. The maximum Gasteiger partial charge on any atom is 0.133 e. The summed E-state index contributed by atoms with van der Waals surface area (Å²) in [5.74, 6) is 1.05. The number of aryl methyl sites for hydroxylation is 1. The fraction of sp³-hybridized carbons (Fsp3) is 0.444. The summed E-state index contributed by atoms with van der Waals surface area (Å²) in [4.78, 5) is 6.44. The second-order valence-electron chi connectivity index (χ2n) is 3.14. The van der Waals surface area contributed by atoms with Crippen molar-refractivity contribution in [3.05, 3.63) is 22.8 Å². The van der Waals surface area contributed by atoms with Gasteiger partial charge in [0.05, 0.1) is 0 Å². The molecule has 2 heterocycles. The van der Waals surface area contributed by atoms with E-state index >= 15 is 0 Å². The molecule has 64 valence electrons. The van der Waals surface area contributed by atoms with Crippen LogP contribution in [0.1, 0.15) is 12.0 Å². The Balaban J connectivity index is 2.47. The third kappa shape index (κ3) is 1.27. The maximum atomic E-state index is 5.80. The molecule has 0 bridgehead atoms. The maximum absolute atomic E-state index is 5.80. The summed E-state index contributed by atoms with van der Waals surface area (Å²) in [6.07, 6.45) is 2.34. The highest BCUT2D eigenvalue weighted by Gasteiger charge is 2.14. The van der Waals surface area contributed by atoms with Gasteiger partial charge in [-0.2, -0.15) is 0 Å². The van der Waals surface area contributed by atoms with Crippen molar-refractivity contribution in [2.24, 2.45) is 0 Å². The van der Waals surface area contributed by atoms with Crippen molar-refractivity contribution in [1.82, 2.24) is 4.98 Å². The monoisotopic (exact) mass is 182 g/mol. The number of nitrogens with zero attached hydrogens (tertiary/aromatic N) is 2. The highest BCUT2D eigenvalue weighted by Crippen LogP contribution is 2.24. The summed E-state index contributed by atoms with van der Waals surface area (Å²) in [5, 5.41) is 0.586. The summed E-state index contributed by atoms with van der Waals surface area (Å²) in [5.41, 5.74) is 1.31. The van der Waals surface area contributed by atoms with E-state index in [-0.39, 0.29) is 0 Å². The molecule has 12 heavy (non-hydrogen) atoms. The number of fused-ring (bicyclic) bond motifs is 1. The summed E-state index contributed by atoms with van der Waals surface area (Å²) in [7, 11) is 2.06. The van der Waals surface area contributed by atoms with Gasteiger partial charge in [-0.3, -0.25) is 0 Å². The van der Waals surface area contributed by atoms with Crippen molar-refractivity contribution in [3.8, 4) is 0 Å². The first-order chi connectivity index (χ1) is 5.77. The molecule has 0 N–H and O–H groups in total. The van der Waals surface area contributed by atoms with E-state index in [2.05, 4.69) is 23.0 Å². The normalized spacial score (nSPS) is 16.0. The van der Waals surface area contributed by atoms with Crippen LogP contribution in [0.15, 0.2) is 12.1 Å². The van der Waals surface area contributed by atoms with Gasteiger partial charge in [0, 0.05) is 13.6 Å². The number of hydrogen-bond donors (Lipinski definition) is 0. The second kappa shape index (κ2) is 2.94. The van der Waals surface area contributed by atoms with Crippen molar-refractivity contribution in [2.45, 2.75) is 12.8 Å². The molecule has 2 rings (SSSR count). The van der Waals surface area contributed by atoms with Crippen molar-refractivity contribution >= 4 is 17.4 Å². The van der Waals surface area contributed by atoms with Gasteiger partial charge < -0.3 is 4.90 Å². The highest BCUT2D eigenvalue weighted by molar-refractivity contribution is 6.29. The molecule has 0 saturated heterocycles. The molecule has 1 aromatic heterocycles. The van der Waals surface area contributed by atoms with Gasteiger partial charge >= 0.3 is 0 Å². The molecular weight excluding hydrogens is 172 g/mol. The van der Waals surface area contributed by atoms with Gasteiger partial charge in [-0.1, -0.05) is 17.7 Å². The third-order valence-electron chi connectivity index (χ3n) is 2.22. The van der Waals surface area contributed by atoms with Crippen molar-refractivity contribution < 1.29 is 0 Å². The van der Waals surface area contributed by atoms with Crippen LogP contribution in [0.3, 0.4) is 0 Å². The van der Waals surface area contributed by atoms with Crippen LogP contribution in [-0.4, -0.2) is 18.6 Å². The zero-order chi connectivity index (χ0) is 8.55. The first-order valence-corrected chi connectivity index (χ1v) is 4.52. The molecule has 0 atom stereocenters. The van der Waals surface area contributed by atoms with Crippen LogP contribution in [0, 0.1) is 0 Å². The molecule has 0 amide bonds. The molecule has 0 unspecified atom stereocenters. The summed E-state index contributed by atoms with van der Waals surface area (Å²) in [6, 6.07) is 3.93. The van der Waals surface area contributed by atoms with E-state index in [9.17, 15) is 0 Å². The SMILES string of the molecule is CN1CCCc2ccc(Cl)nc21. The predicted octanol–water partition coefficient (Wildman–Crippen LogP) is 2.12. The van der Waals surface area contributed by atoms with Crippen LogP contribution in [0.2, 0.25) is 5.15 Å². The van der Waals surface area contributed by atoms with Gasteiger partial charge in [0.25, 0.3) is 0 Å². The van der Waals surface area contributed by atoms with Crippen molar-refractivity contribution in [2.75, 3.05) is 18.5 Å². The van der Waals surface area contributed by atoms with Crippen molar-refractivity contribution in [1.29, 1.82) is 0 Å². The Morgan fingerprint density at radius 3 is 3.17 bits per heavy atom. The molecule has 0 aromatic carbocycles. The Kier molecular flexibility index (Phi) is 1.93. The first kappa shape index (κ1) is 7.87. The third-order valence-corrected chi connectivity index (χ3v) is 2.43. The summed E-state index contributed by atoms with van der Waals surface area (Å²) < 4.78 is 0. The number of hydrogen-bond acceptors (Lipinski definition) is 2. The van der Waals surface area contributed by atoms with Crippen molar-refractivity contribution in [3.63, 3.8) is 0 Å². The molecule has 1 aliphatic heterocycles. The van der Waals surface area contributed by atoms with Gasteiger partial charge in [0.1, 0.15) is 11.0 Å². The number of aromatic nitrogens is 1. The van der Waals surface area contributed by atoms with E-state index in [0.717, 1.165) is 18.8 Å². The zero-order valence-corrected chi connectivity index (χ0v) is 7.80. The molecular formula is C9H11ClN2. The van der Waals surface area contributed by atoms with Gasteiger partial charge in [0.2, 0.25) is 0 Å². The van der Waals surface area contributed by atoms with E-state index in [1.54, 1.807) is 0 Å². The number of halogens is 1. The summed E-state index contributed by atoms with van der Waals surface area (Å²) in [6.45, 7) is 1.08. The quantitative estimate of drug-likeness (QED) is 0.572. The van der Waals surface area contributed by atoms with E-state index in [0.29, 0.717) is 5.15 Å². The molecule has 3 heteroatoms. The Hall–Kier alpha value is -0.760. The number of pyridine rings is 1. The second-order valence-corrected chi connectivity index (χ2v) is 3.53. The smallest absolute Gasteiger partial charge is 0.133 e. The highest BCUT2D eigenvalue weighted by atomic mass is 35.5. The predicted molar refractivity (Wildman–Crippen MR) is 50.8 cm³/mol. The lowest BCUT2D eigenvalue weighted by atomic mass is 10.1. The van der Waals surface area contributed by atoms with Crippen LogP contribution in [0.25, 0.3) is 0 Å². The first-order valence-electron chi connectivity index (χ1n) is 4.14. The molecule has 2 nitrogen and oxygen atoms in total. The summed E-state index contributed by atoms with van der Waals surface area (Å²) >= 11 is 5.80. The Labute approximate surface area is 77.2 Å². The molecule has 0 fully saturated rings. The minimum atomic E-state index is 0.586. The molecule has 0 spiro atoms. The average molecular weight is 183 g/mol. The van der Waals surface area contributed by atoms with Crippen LogP contribution >= 0.6 is 11.6 Å². The Morgan fingerprint density at radius 1 is 1.50 bits per heavy atom. The van der Waals surface area contributed by atoms with Crippen LogP contribution in [-0.2, 0) is 6.42 Å². The zero-order valence-electron chi connectivity index (χ0n) is 7.05. The molecule has 0 aliphatic carbocycles. The van der Waals surface area contributed by atoms with Gasteiger partial charge in [-0.25, -0.2) is 4.98 Å². The average Bonchev–Trinajstić information content (AvgIpc) is 2.07. The van der Waals surface area contributed by atoms with Gasteiger partial charge in [0.15, 0.2) is 0 Å². The standard InChI is InChI=1S/C9H11ClN2/c1-12-6-2-3-7-4-5-8(10)11-9(7)12/h4-5H,2-3,6H2,1H3. The molecule has 1 aromatic rings. The number of rotatable bonds is 0. The molecule has 0 radical (unpaired) electrons.